The molecule has 0 aliphatic carbocycles. The second-order valence-electron chi connectivity index (χ2n) is 5.06. The molecule has 1 aliphatic heterocycles. The predicted octanol–water partition coefficient (Wildman–Crippen LogP) is 1.87. The largest absolute Gasteiger partial charge is 0.481 e. The Morgan fingerprint density at radius 2 is 2.00 bits per heavy atom. The number of hydrogen-bond acceptors (Lipinski definition) is 3. The van der Waals surface area contributed by atoms with E-state index in [9.17, 15) is 4.79 Å². The van der Waals surface area contributed by atoms with E-state index >= 15 is 0 Å². The minimum Gasteiger partial charge on any atom is -0.481 e. The van der Waals surface area contributed by atoms with Gasteiger partial charge in [0.2, 0.25) is 5.95 Å². The van der Waals surface area contributed by atoms with Crippen molar-refractivity contribution in [3.63, 3.8) is 0 Å². The molecule has 0 radical (unpaired) electrons. The molecule has 19 heavy (non-hydrogen) atoms. The zero-order valence-electron chi connectivity index (χ0n) is 10.9. The average Bonchev–Trinajstić information content (AvgIpc) is 2.77. The van der Waals surface area contributed by atoms with E-state index in [0.29, 0.717) is 12.8 Å². The van der Waals surface area contributed by atoms with E-state index in [-0.39, 0.29) is 5.92 Å². The summed E-state index contributed by atoms with van der Waals surface area (Å²) in [5.74, 6) is 0.0561. The number of piperidine rings is 1. The number of nitrogens with zero attached hydrogens (tertiary/aromatic N) is 3. The van der Waals surface area contributed by atoms with E-state index in [1.165, 1.54) is 0 Å². The van der Waals surface area contributed by atoms with Crippen LogP contribution in [0.5, 0.6) is 0 Å². The van der Waals surface area contributed by atoms with Crippen LogP contribution in [-0.4, -0.2) is 33.7 Å². The number of carboxylic acid groups (broad SMARTS) is 1. The van der Waals surface area contributed by atoms with Gasteiger partial charge in [0.05, 0.1) is 17.0 Å². The number of carboxylic acids is 1. The molecule has 1 N–H and O–H groups in total. The average molecular weight is 259 g/mol. The first-order valence-electron chi connectivity index (χ1n) is 6.56. The van der Waals surface area contributed by atoms with Crippen molar-refractivity contribution in [1.29, 1.82) is 0 Å². The lowest BCUT2D eigenvalue weighted by molar-refractivity contribution is -0.142. The summed E-state index contributed by atoms with van der Waals surface area (Å²) in [6, 6.07) is 8.04. The summed E-state index contributed by atoms with van der Waals surface area (Å²) in [7, 11) is 2.01. The molecule has 1 aromatic heterocycles. The van der Waals surface area contributed by atoms with Crippen LogP contribution in [-0.2, 0) is 11.8 Å². The molecule has 100 valence electrons. The van der Waals surface area contributed by atoms with Crippen molar-refractivity contribution in [2.75, 3.05) is 18.0 Å². The molecule has 0 saturated carbocycles. The molecule has 3 rings (SSSR count). The lowest BCUT2D eigenvalue weighted by atomic mass is 9.97. The fourth-order valence-electron chi connectivity index (χ4n) is 2.74. The number of aliphatic carboxylic acids is 1. The summed E-state index contributed by atoms with van der Waals surface area (Å²) in [6.07, 6.45) is 1.39. The van der Waals surface area contributed by atoms with Gasteiger partial charge in [-0.05, 0) is 25.0 Å². The van der Waals surface area contributed by atoms with Gasteiger partial charge >= 0.3 is 5.97 Å². The monoisotopic (exact) mass is 259 g/mol. The highest BCUT2D eigenvalue weighted by Gasteiger charge is 2.26. The summed E-state index contributed by atoms with van der Waals surface area (Å²) < 4.78 is 2.08. The minimum absolute atomic E-state index is 0.203. The third kappa shape index (κ3) is 2.05. The number of hydrogen-bond donors (Lipinski definition) is 1. The molecule has 0 bridgehead atoms. The van der Waals surface area contributed by atoms with Gasteiger partial charge in [0, 0.05) is 20.1 Å². The van der Waals surface area contributed by atoms with Gasteiger partial charge in [-0.2, -0.15) is 0 Å². The maximum Gasteiger partial charge on any atom is 0.306 e. The third-order valence-electron chi connectivity index (χ3n) is 3.89. The quantitative estimate of drug-likeness (QED) is 0.894. The molecule has 5 nitrogen and oxygen atoms in total. The molecular formula is C14H17N3O2. The van der Waals surface area contributed by atoms with Gasteiger partial charge in [-0.1, -0.05) is 12.1 Å². The van der Waals surface area contributed by atoms with Crippen LogP contribution in [0.15, 0.2) is 24.3 Å². The van der Waals surface area contributed by atoms with Crippen LogP contribution in [0.25, 0.3) is 11.0 Å². The van der Waals surface area contributed by atoms with E-state index in [1.807, 2.05) is 25.2 Å². The van der Waals surface area contributed by atoms with Crippen LogP contribution >= 0.6 is 0 Å². The first-order valence-corrected chi connectivity index (χ1v) is 6.56. The van der Waals surface area contributed by atoms with Gasteiger partial charge in [0.25, 0.3) is 0 Å². The van der Waals surface area contributed by atoms with Gasteiger partial charge in [-0.3, -0.25) is 4.79 Å². The number of anilines is 1. The van der Waals surface area contributed by atoms with Crippen molar-refractivity contribution < 1.29 is 9.90 Å². The van der Waals surface area contributed by atoms with Crippen LogP contribution in [0, 0.1) is 5.92 Å². The Kier molecular flexibility index (Phi) is 2.89. The van der Waals surface area contributed by atoms with Crippen molar-refractivity contribution in [2.24, 2.45) is 13.0 Å². The molecule has 1 aromatic carbocycles. The highest BCUT2D eigenvalue weighted by Crippen LogP contribution is 2.25. The van der Waals surface area contributed by atoms with Crippen molar-refractivity contribution in [2.45, 2.75) is 12.8 Å². The first kappa shape index (κ1) is 12.0. The number of aryl methyl sites for hydroxylation is 1. The standard InChI is InChI=1S/C14H17N3O2/c1-16-12-5-3-2-4-11(12)15-14(16)17-8-6-10(7-9-17)13(18)19/h2-5,10H,6-9H2,1H3,(H,18,19). The number of fused-ring (bicyclic) bond motifs is 1. The molecule has 0 spiro atoms. The van der Waals surface area contributed by atoms with Crippen molar-refractivity contribution in [3.8, 4) is 0 Å². The SMILES string of the molecule is Cn1c(N2CCC(C(=O)O)CC2)nc2ccccc21. The molecule has 0 atom stereocenters. The van der Waals surface area contributed by atoms with E-state index in [2.05, 4.69) is 20.5 Å². The second kappa shape index (κ2) is 4.57. The van der Waals surface area contributed by atoms with Gasteiger partial charge in [0.1, 0.15) is 0 Å². The van der Waals surface area contributed by atoms with Crippen LogP contribution in [0.1, 0.15) is 12.8 Å². The zero-order valence-corrected chi connectivity index (χ0v) is 10.9. The summed E-state index contributed by atoms with van der Waals surface area (Å²) in [5.41, 5.74) is 2.10. The number of rotatable bonds is 2. The lowest BCUT2D eigenvalue weighted by Gasteiger charge is -2.30. The number of benzene rings is 1. The second-order valence-corrected chi connectivity index (χ2v) is 5.06. The topological polar surface area (TPSA) is 58.4 Å². The van der Waals surface area contributed by atoms with Crippen LogP contribution < -0.4 is 4.90 Å². The fourth-order valence-corrected chi connectivity index (χ4v) is 2.74. The van der Waals surface area contributed by atoms with E-state index in [0.717, 1.165) is 30.1 Å². The van der Waals surface area contributed by atoms with Crippen LogP contribution in [0.2, 0.25) is 0 Å². The maximum absolute atomic E-state index is 11.0. The Labute approximate surface area is 111 Å². The lowest BCUT2D eigenvalue weighted by Crippen LogP contribution is -2.37. The molecule has 1 fully saturated rings. The molecule has 0 unspecified atom stereocenters. The van der Waals surface area contributed by atoms with Crippen molar-refractivity contribution in [1.82, 2.24) is 9.55 Å². The summed E-state index contributed by atoms with van der Waals surface area (Å²) in [5, 5.41) is 9.02. The van der Waals surface area contributed by atoms with Gasteiger partial charge in [-0.25, -0.2) is 4.98 Å². The summed E-state index contributed by atoms with van der Waals surface area (Å²) in [6.45, 7) is 1.52. The molecule has 1 saturated heterocycles. The Morgan fingerprint density at radius 3 is 2.63 bits per heavy atom. The molecule has 0 amide bonds. The zero-order chi connectivity index (χ0) is 13.4. The molecule has 5 heteroatoms. The van der Waals surface area contributed by atoms with E-state index in [4.69, 9.17) is 5.11 Å². The Morgan fingerprint density at radius 1 is 1.32 bits per heavy atom. The summed E-state index contributed by atoms with van der Waals surface area (Å²) in [4.78, 5) is 17.8. The highest BCUT2D eigenvalue weighted by molar-refractivity contribution is 5.78. The van der Waals surface area contributed by atoms with E-state index in [1.54, 1.807) is 0 Å². The predicted molar refractivity (Wildman–Crippen MR) is 73.3 cm³/mol. The number of aromatic nitrogens is 2. The normalized spacial score (nSPS) is 17.0. The Bertz CT molecular complexity index is 612. The first-order chi connectivity index (χ1) is 9.16. The maximum atomic E-state index is 11.0. The smallest absolute Gasteiger partial charge is 0.306 e. The number of imidazole rings is 1. The van der Waals surface area contributed by atoms with E-state index < -0.39 is 5.97 Å². The number of para-hydroxylation sites is 2. The van der Waals surface area contributed by atoms with Crippen LogP contribution in [0.3, 0.4) is 0 Å². The number of carbonyl (C=O) groups is 1. The van der Waals surface area contributed by atoms with Gasteiger partial charge < -0.3 is 14.6 Å². The Balaban J connectivity index is 1.86. The molecule has 1 aliphatic rings. The fraction of sp³-hybridized carbons (Fsp3) is 0.429. The molecule has 2 heterocycles. The Hall–Kier alpha value is -2.04. The molecule has 2 aromatic rings. The van der Waals surface area contributed by atoms with Crippen molar-refractivity contribution in [3.05, 3.63) is 24.3 Å². The minimum atomic E-state index is -0.676. The van der Waals surface area contributed by atoms with Gasteiger partial charge in [-0.15, -0.1) is 0 Å². The summed E-state index contributed by atoms with van der Waals surface area (Å²) >= 11 is 0. The third-order valence-corrected chi connectivity index (χ3v) is 3.89. The molecular weight excluding hydrogens is 242 g/mol. The van der Waals surface area contributed by atoms with Gasteiger partial charge in [0.15, 0.2) is 0 Å². The highest BCUT2D eigenvalue weighted by atomic mass is 16.4. The van der Waals surface area contributed by atoms with Crippen LogP contribution in [0.4, 0.5) is 5.95 Å². The van der Waals surface area contributed by atoms with Crippen molar-refractivity contribution >= 4 is 23.0 Å².